The molecule has 0 saturated carbocycles. The lowest BCUT2D eigenvalue weighted by molar-refractivity contribution is -0.287. The Morgan fingerprint density at radius 2 is 1.42 bits per heavy atom. The number of carbonyl (C=O) groups excluding carboxylic acids is 1. The summed E-state index contributed by atoms with van der Waals surface area (Å²) in [6.07, 6.45) is 15.3. The Labute approximate surface area is 186 Å². The van der Waals surface area contributed by atoms with Gasteiger partial charge in [-0.15, -0.1) is 0 Å². The predicted molar refractivity (Wildman–Crippen MR) is 119 cm³/mol. The monoisotopic (exact) mass is 440 g/mol. The van der Waals surface area contributed by atoms with Crippen molar-refractivity contribution < 1.29 is 34.7 Å². The molecule has 0 spiro atoms. The predicted octanol–water partition coefficient (Wildman–Crippen LogP) is 2.92. The Balaban J connectivity index is 1.98. The van der Waals surface area contributed by atoms with Crippen molar-refractivity contribution in [2.24, 2.45) is 0 Å². The maximum absolute atomic E-state index is 11.8. The van der Waals surface area contributed by atoms with E-state index in [0.717, 1.165) is 57.8 Å². The maximum Gasteiger partial charge on any atom is 0.305 e. The van der Waals surface area contributed by atoms with Gasteiger partial charge in [0.05, 0.1) is 0 Å². The third-order valence-corrected chi connectivity index (χ3v) is 5.13. The highest BCUT2D eigenvalue weighted by Crippen LogP contribution is 2.20. The number of carbonyl (C=O) groups is 1. The summed E-state index contributed by atoms with van der Waals surface area (Å²) in [5.41, 5.74) is 0. The van der Waals surface area contributed by atoms with Gasteiger partial charge in [-0.05, 0) is 38.5 Å². The Kier molecular flexibility index (Phi) is 15.2. The van der Waals surface area contributed by atoms with E-state index in [0.29, 0.717) is 0 Å². The quantitative estimate of drug-likeness (QED) is 0.176. The molecule has 1 rings (SSSR count). The molecule has 0 aliphatic carbocycles. The highest BCUT2D eigenvalue weighted by molar-refractivity contribution is 5.69. The van der Waals surface area contributed by atoms with Crippen molar-refractivity contribution >= 4 is 5.97 Å². The number of esters is 1. The minimum Gasteiger partial charge on any atom is -0.463 e. The Hall–Kier alpha value is -1.51. The van der Waals surface area contributed by atoms with Crippen molar-refractivity contribution in [3.05, 3.63) is 36.5 Å². The zero-order valence-electron chi connectivity index (χ0n) is 18.6. The summed E-state index contributed by atoms with van der Waals surface area (Å²) in [7, 11) is 0. The topological polar surface area (TPSA) is 116 Å². The molecule has 5 atom stereocenters. The van der Waals surface area contributed by atoms with Crippen LogP contribution in [0.4, 0.5) is 0 Å². The summed E-state index contributed by atoms with van der Waals surface area (Å²) < 4.78 is 10.0. The molecule has 31 heavy (non-hydrogen) atoms. The highest BCUT2D eigenvalue weighted by Gasteiger charge is 2.43. The highest BCUT2D eigenvalue weighted by atomic mass is 16.6. The van der Waals surface area contributed by atoms with E-state index in [1.165, 1.54) is 0 Å². The zero-order chi connectivity index (χ0) is 22.9. The van der Waals surface area contributed by atoms with Crippen LogP contribution in [0.5, 0.6) is 0 Å². The van der Waals surface area contributed by atoms with Crippen molar-refractivity contribution in [2.75, 3.05) is 6.61 Å². The van der Waals surface area contributed by atoms with Gasteiger partial charge in [-0.25, -0.2) is 0 Å². The molecule has 0 amide bonds. The molecule has 1 aliphatic heterocycles. The smallest absolute Gasteiger partial charge is 0.305 e. The number of unbranched alkanes of at least 4 members (excludes halogenated alkanes) is 5. The number of hydrogen-bond acceptors (Lipinski definition) is 7. The molecule has 1 aliphatic rings. The van der Waals surface area contributed by atoms with Crippen LogP contribution in [-0.2, 0) is 14.3 Å². The molecular formula is C24H40O7. The van der Waals surface area contributed by atoms with Gasteiger partial charge in [0.15, 0.2) is 6.29 Å². The number of aliphatic hydroxyl groups is 4. The molecule has 1 saturated heterocycles. The number of aliphatic hydroxyl groups excluding tert-OH is 4. The van der Waals surface area contributed by atoms with Gasteiger partial charge >= 0.3 is 5.97 Å². The largest absolute Gasteiger partial charge is 0.463 e. The lowest BCUT2D eigenvalue weighted by Crippen LogP contribution is -2.58. The first-order valence-electron chi connectivity index (χ1n) is 11.5. The molecule has 0 aromatic carbocycles. The van der Waals surface area contributed by atoms with Crippen LogP contribution in [0.15, 0.2) is 36.5 Å². The second kappa shape index (κ2) is 17.1. The summed E-state index contributed by atoms with van der Waals surface area (Å²) in [4.78, 5) is 11.8. The molecule has 7 nitrogen and oxygen atoms in total. The number of allylic oxidation sites excluding steroid dienone is 6. The summed E-state index contributed by atoms with van der Waals surface area (Å²) in [5.74, 6) is -0.410. The second-order valence-corrected chi connectivity index (χ2v) is 7.82. The molecule has 0 bridgehead atoms. The minimum atomic E-state index is -1.62. The van der Waals surface area contributed by atoms with Crippen molar-refractivity contribution in [3.63, 3.8) is 0 Å². The van der Waals surface area contributed by atoms with E-state index >= 15 is 0 Å². The SMILES string of the molecule is CC/C=C\C/C=C\C/C=C\CCCCCCCC(=O)OC[C@H]1OC(O)[C@H](O)[C@@H](O)[C@@H]1O. The van der Waals surface area contributed by atoms with E-state index in [9.17, 15) is 25.2 Å². The van der Waals surface area contributed by atoms with Crippen molar-refractivity contribution in [1.82, 2.24) is 0 Å². The first kappa shape index (κ1) is 27.5. The standard InChI is InChI=1S/C24H40O7/c1-2-3-4-5-6-7-8-9-10-11-12-13-14-15-16-17-20(25)30-18-19-21(26)22(27)23(28)24(29)31-19/h3-4,6-7,9-10,19,21-24,26-29H,2,5,8,11-18H2,1H3/b4-3-,7-6-,10-9-/t19-,21-,22+,23-,24?/m1/s1. The molecule has 0 aromatic heterocycles. The lowest BCUT2D eigenvalue weighted by atomic mass is 9.99. The zero-order valence-corrected chi connectivity index (χ0v) is 18.6. The van der Waals surface area contributed by atoms with Crippen LogP contribution >= 0.6 is 0 Å². The van der Waals surface area contributed by atoms with Crippen molar-refractivity contribution in [2.45, 2.75) is 102 Å². The van der Waals surface area contributed by atoms with Crippen molar-refractivity contribution in [1.29, 1.82) is 0 Å². The van der Waals surface area contributed by atoms with E-state index in [1.807, 2.05) is 0 Å². The minimum absolute atomic E-state index is 0.274. The van der Waals surface area contributed by atoms with Gasteiger partial charge in [0.1, 0.15) is 31.0 Å². The molecule has 1 fully saturated rings. The third kappa shape index (κ3) is 12.2. The molecule has 0 aromatic rings. The van der Waals surface area contributed by atoms with Gasteiger partial charge in [0, 0.05) is 6.42 Å². The fraction of sp³-hybridized carbons (Fsp3) is 0.708. The van der Waals surface area contributed by atoms with Crippen LogP contribution < -0.4 is 0 Å². The average molecular weight is 441 g/mol. The van der Waals surface area contributed by atoms with Gasteiger partial charge in [-0.3, -0.25) is 4.79 Å². The van der Waals surface area contributed by atoms with Gasteiger partial charge in [-0.2, -0.15) is 0 Å². The van der Waals surface area contributed by atoms with E-state index in [-0.39, 0.29) is 13.0 Å². The number of rotatable bonds is 15. The fourth-order valence-corrected chi connectivity index (χ4v) is 3.20. The summed E-state index contributed by atoms with van der Waals surface area (Å²) in [6.45, 7) is 1.85. The van der Waals surface area contributed by atoms with Crippen LogP contribution in [0, 0.1) is 0 Å². The normalized spacial score (nSPS) is 26.9. The second-order valence-electron chi connectivity index (χ2n) is 7.82. The van der Waals surface area contributed by atoms with Gasteiger partial charge in [0.2, 0.25) is 0 Å². The molecule has 0 radical (unpaired) electrons. The van der Waals surface area contributed by atoms with E-state index in [2.05, 4.69) is 43.4 Å². The molecule has 7 heteroatoms. The lowest BCUT2D eigenvalue weighted by Gasteiger charge is -2.37. The molecule has 1 heterocycles. The van der Waals surface area contributed by atoms with Crippen molar-refractivity contribution in [3.8, 4) is 0 Å². The van der Waals surface area contributed by atoms with Crippen LogP contribution in [-0.4, -0.2) is 63.7 Å². The van der Waals surface area contributed by atoms with Gasteiger partial charge in [-0.1, -0.05) is 62.6 Å². The Morgan fingerprint density at radius 3 is 2.13 bits per heavy atom. The van der Waals surface area contributed by atoms with Gasteiger partial charge < -0.3 is 29.9 Å². The summed E-state index contributed by atoms with van der Waals surface area (Å²) in [6, 6.07) is 0. The number of ether oxygens (including phenoxy) is 2. The van der Waals surface area contributed by atoms with Gasteiger partial charge in [0.25, 0.3) is 0 Å². The van der Waals surface area contributed by atoms with Crippen LogP contribution in [0.1, 0.15) is 71.1 Å². The fourth-order valence-electron chi connectivity index (χ4n) is 3.20. The third-order valence-electron chi connectivity index (χ3n) is 5.13. The van der Waals surface area contributed by atoms with Crippen LogP contribution in [0.25, 0.3) is 0 Å². The first-order valence-corrected chi connectivity index (χ1v) is 11.5. The van der Waals surface area contributed by atoms with E-state index < -0.39 is 36.7 Å². The summed E-state index contributed by atoms with van der Waals surface area (Å²) >= 11 is 0. The average Bonchev–Trinajstić information content (AvgIpc) is 2.76. The molecule has 178 valence electrons. The number of hydrogen-bond donors (Lipinski definition) is 4. The van der Waals surface area contributed by atoms with Crippen LogP contribution in [0.3, 0.4) is 0 Å². The van der Waals surface area contributed by atoms with E-state index in [4.69, 9.17) is 9.47 Å². The molecular weight excluding hydrogens is 400 g/mol. The maximum atomic E-state index is 11.8. The summed E-state index contributed by atoms with van der Waals surface area (Å²) in [5, 5.41) is 38.3. The molecule has 4 N–H and O–H groups in total. The van der Waals surface area contributed by atoms with E-state index in [1.54, 1.807) is 0 Å². The first-order chi connectivity index (χ1) is 15.0. The Morgan fingerprint density at radius 1 is 0.806 bits per heavy atom. The Bertz CT molecular complexity index is 558. The van der Waals surface area contributed by atoms with Crippen LogP contribution in [0.2, 0.25) is 0 Å². The molecule has 1 unspecified atom stereocenters.